The number of amides is 1. The fourth-order valence-electron chi connectivity index (χ4n) is 2.20. The van der Waals surface area contributed by atoms with Crippen molar-refractivity contribution in [2.24, 2.45) is 10.9 Å². The third kappa shape index (κ3) is 8.01. The van der Waals surface area contributed by atoms with Gasteiger partial charge in [0.15, 0.2) is 5.96 Å². The zero-order valence-corrected chi connectivity index (χ0v) is 15.1. The highest BCUT2D eigenvalue weighted by atomic mass is 16.5. The Labute approximate surface area is 144 Å². The molecule has 1 atom stereocenters. The Morgan fingerprint density at radius 2 is 2.12 bits per heavy atom. The van der Waals surface area contributed by atoms with Gasteiger partial charge in [-0.2, -0.15) is 0 Å². The normalized spacial score (nSPS) is 13.0. The third-order valence-corrected chi connectivity index (χ3v) is 3.53. The van der Waals surface area contributed by atoms with Gasteiger partial charge in [-0.1, -0.05) is 13.8 Å². The molecule has 7 heteroatoms. The first-order valence-electron chi connectivity index (χ1n) is 8.42. The van der Waals surface area contributed by atoms with E-state index in [0.717, 1.165) is 18.7 Å². The molecular formula is C17H30N4O3. The predicted octanol–water partition coefficient (Wildman–Crippen LogP) is 1.51. The average molecular weight is 338 g/mol. The molecule has 1 aromatic rings. The summed E-state index contributed by atoms with van der Waals surface area (Å²) in [6.07, 6.45) is 2.69. The number of nitrogens with zero attached hydrogens (tertiary/aromatic N) is 1. The third-order valence-electron chi connectivity index (χ3n) is 3.53. The largest absolute Gasteiger partial charge is 0.467 e. The Bertz CT molecular complexity index is 486. The molecule has 0 aromatic carbocycles. The lowest BCUT2D eigenvalue weighted by Gasteiger charge is -2.21. The number of aliphatic imine (C=N–C) groups is 1. The summed E-state index contributed by atoms with van der Waals surface area (Å²) in [5.41, 5.74) is 0. The number of hydrogen-bond acceptors (Lipinski definition) is 4. The molecule has 0 radical (unpaired) electrons. The van der Waals surface area contributed by atoms with Crippen LogP contribution >= 0.6 is 0 Å². The zero-order chi connectivity index (χ0) is 17.8. The molecule has 1 aromatic heterocycles. The van der Waals surface area contributed by atoms with Crippen LogP contribution in [0.15, 0.2) is 27.8 Å². The standard InChI is InChI=1S/C17H30N4O3/c1-5-23-15(13(2)3)8-9-19-17(18-4)21-12-16(22)20-11-14-7-6-10-24-14/h6-7,10,13,15H,5,8-9,11-12H2,1-4H3,(H,20,22)(H2,18,19,21). The molecule has 0 saturated heterocycles. The second kappa shape index (κ2) is 11.5. The second-order valence-electron chi connectivity index (χ2n) is 5.74. The fourth-order valence-corrected chi connectivity index (χ4v) is 2.20. The maximum absolute atomic E-state index is 11.8. The van der Waals surface area contributed by atoms with Crippen molar-refractivity contribution in [2.75, 3.05) is 26.7 Å². The molecule has 3 N–H and O–H groups in total. The minimum atomic E-state index is -0.122. The number of hydrogen-bond donors (Lipinski definition) is 3. The lowest BCUT2D eigenvalue weighted by molar-refractivity contribution is -0.120. The van der Waals surface area contributed by atoms with Crippen LogP contribution in [0.2, 0.25) is 0 Å². The Balaban J connectivity index is 2.23. The van der Waals surface area contributed by atoms with Gasteiger partial charge in [0.2, 0.25) is 5.91 Å². The van der Waals surface area contributed by atoms with Crippen LogP contribution in [0.25, 0.3) is 0 Å². The summed E-state index contributed by atoms with van der Waals surface area (Å²) in [5, 5.41) is 8.96. The van der Waals surface area contributed by atoms with Crippen molar-refractivity contribution >= 4 is 11.9 Å². The van der Waals surface area contributed by atoms with Gasteiger partial charge < -0.3 is 25.1 Å². The summed E-state index contributed by atoms with van der Waals surface area (Å²) < 4.78 is 10.9. The van der Waals surface area contributed by atoms with Crippen molar-refractivity contribution in [3.63, 3.8) is 0 Å². The van der Waals surface area contributed by atoms with E-state index >= 15 is 0 Å². The van der Waals surface area contributed by atoms with Crippen molar-refractivity contribution in [2.45, 2.75) is 39.8 Å². The van der Waals surface area contributed by atoms with Crippen LogP contribution in [0.4, 0.5) is 0 Å². The van der Waals surface area contributed by atoms with E-state index in [-0.39, 0.29) is 18.6 Å². The van der Waals surface area contributed by atoms with Gasteiger partial charge >= 0.3 is 0 Å². The Morgan fingerprint density at radius 3 is 2.71 bits per heavy atom. The summed E-state index contributed by atoms with van der Waals surface area (Å²) in [7, 11) is 1.68. The topological polar surface area (TPSA) is 87.9 Å². The van der Waals surface area contributed by atoms with Crippen molar-refractivity contribution in [3.8, 4) is 0 Å². The molecule has 0 aliphatic carbocycles. The average Bonchev–Trinajstić information content (AvgIpc) is 3.08. The minimum absolute atomic E-state index is 0.122. The van der Waals surface area contributed by atoms with E-state index in [0.29, 0.717) is 25.0 Å². The van der Waals surface area contributed by atoms with E-state index < -0.39 is 0 Å². The molecule has 1 rings (SSSR count). The molecule has 0 spiro atoms. The molecule has 1 amide bonds. The molecule has 1 unspecified atom stereocenters. The Hall–Kier alpha value is -2.02. The van der Waals surface area contributed by atoms with Gasteiger partial charge in [0.25, 0.3) is 0 Å². The van der Waals surface area contributed by atoms with Crippen molar-refractivity contribution in [1.82, 2.24) is 16.0 Å². The molecule has 24 heavy (non-hydrogen) atoms. The van der Waals surface area contributed by atoms with Gasteiger partial charge in [-0.15, -0.1) is 0 Å². The highest BCUT2D eigenvalue weighted by Crippen LogP contribution is 2.09. The lowest BCUT2D eigenvalue weighted by atomic mass is 10.0. The molecule has 0 saturated carbocycles. The Morgan fingerprint density at radius 1 is 1.33 bits per heavy atom. The van der Waals surface area contributed by atoms with Gasteiger partial charge in [-0.3, -0.25) is 9.79 Å². The van der Waals surface area contributed by atoms with Gasteiger partial charge in [-0.05, 0) is 31.4 Å². The molecule has 0 bridgehead atoms. The van der Waals surface area contributed by atoms with Crippen LogP contribution in [0.5, 0.6) is 0 Å². The molecule has 136 valence electrons. The van der Waals surface area contributed by atoms with E-state index in [4.69, 9.17) is 9.15 Å². The first kappa shape index (κ1) is 20.0. The summed E-state index contributed by atoms with van der Waals surface area (Å²) in [4.78, 5) is 15.9. The van der Waals surface area contributed by atoms with Gasteiger partial charge in [0.1, 0.15) is 5.76 Å². The number of nitrogens with one attached hydrogen (secondary N) is 3. The number of ether oxygens (including phenoxy) is 1. The molecule has 0 aliphatic heterocycles. The highest BCUT2D eigenvalue weighted by Gasteiger charge is 2.13. The first-order valence-corrected chi connectivity index (χ1v) is 8.42. The van der Waals surface area contributed by atoms with Crippen LogP contribution in [0.3, 0.4) is 0 Å². The van der Waals surface area contributed by atoms with Crippen LogP contribution in [0, 0.1) is 5.92 Å². The summed E-state index contributed by atoms with van der Waals surface area (Å²) >= 11 is 0. The number of rotatable bonds is 10. The fraction of sp³-hybridized carbons (Fsp3) is 0.647. The summed E-state index contributed by atoms with van der Waals surface area (Å²) in [6.45, 7) is 8.28. The molecular weight excluding hydrogens is 308 g/mol. The first-order chi connectivity index (χ1) is 11.6. The predicted molar refractivity (Wildman–Crippen MR) is 94.8 cm³/mol. The van der Waals surface area contributed by atoms with Crippen molar-refractivity contribution in [1.29, 1.82) is 0 Å². The number of furan rings is 1. The minimum Gasteiger partial charge on any atom is -0.467 e. The smallest absolute Gasteiger partial charge is 0.239 e. The SMILES string of the molecule is CCOC(CCNC(=NC)NCC(=O)NCc1ccco1)C(C)C. The second-order valence-corrected chi connectivity index (χ2v) is 5.74. The van der Waals surface area contributed by atoms with Gasteiger partial charge in [0.05, 0.1) is 25.5 Å². The molecule has 0 fully saturated rings. The lowest BCUT2D eigenvalue weighted by Crippen LogP contribution is -2.43. The molecule has 7 nitrogen and oxygen atoms in total. The monoisotopic (exact) mass is 338 g/mol. The quantitative estimate of drug-likeness (QED) is 0.445. The number of guanidine groups is 1. The number of carbonyl (C=O) groups is 1. The van der Waals surface area contributed by atoms with Gasteiger partial charge in [-0.25, -0.2) is 0 Å². The van der Waals surface area contributed by atoms with Crippen LogP contribution in [0.1, 0.15) is 33.0 Å². The maximum atomic E-state index is 11.8. The summed E-state index contributed by atoms with van der Waals surface area (Å²) in [5.74, 6) is 1.67. The van der Waals surface area contributed by atoms with Gasteiger partial charge in [0, 0.05) is 20.2 Å². The van der Waals surface area contributed by atoms with Crippen molar-refractivity contribution in [3.05, 3.63) is 24.2 Å². The van der Waals surface area contributed by atoms with E-state index in [9.17, 15) is 4.79 Å². The Kier molecular flexibility index (Phi) is 9.60. The maximum Gasteiger partial charge on any atom is 0.239 e. The van der Waals surface area contributed by atoms with Crippen molar-refractivity contribution < 1.29 is 13.9 Å². The van der Waals surface area contributed by atoms with Crippen LogP contribution < -0.4 is 16.0 Å². The van der Waals surface area contributed by atoms with E-state index in [2.05, 4.69) is 34.8 Å². The molecule has 1 heterocycles. The van der Waals surface area contributed by atoms with E-state index in [1.54, 1.807) is 19.4 Å². The van der Waals surface area contributed by atoms with E-state index in [1.165, 1.54) is 0 Å². The number of carbonyl (C=O) groups excluding carboxylic acids is 1. The molecule has 0 aliphatic rings. The van der Waals surface area contributed by atoms with Crippen LogP contribution in [-0.2, 0) is 16.1 Å². The summed E-state index contributed by atoms with van der Waals surface area (Å²) in [6, 6.07) is 3.61. The zero-order valence-electron chi connectivity index (χ0n) is 15.1. The highest BCUT2D eigenvalue weighted by molar-refractivity contribution is 5.86. The van der Waals surface area contributed by atoms with E-state index in [1.807, 2.05) is 13.0 Å². The van der Waals surface area contributed by atoms with Crippen LogP contribution in [-0.4, -0.2) is 44.7 Å².